The average molecular weight is 251 g/mol. The lowest BCUT2D eigenvalue weighted by molar-refractivity contribution is -0.858. The summed E-state index contributed by atoms with van der Waals surface area (Å²) in [4.78, 5) is 1.04. The SMILES string of the molecule is Cc1cc(O)cc(SCc2c(C)no[n+]2C)c1. The molecule has 0 unspecified atom stereocenters. The fourth-order valence-corrected chi connectivity index (χ4v) is 2.78. The van der Waals surface area contributed by atoms with Crippen molar-refractivity contribution in [3.05, 3.63) is 35.2 Å². The van der Waals surface area contributed by atoms with Crippen LogP contribution in [0.1, 0.15) is 17.0 Å². The number of thioether (sulfide) groups is 1. The number of nitrogens with zero attached hydrogens (tertiary/aromatic N) is 2. The van der Waals surface area contributed by atoms with Crippen LogP contribution in [0, 0.1) is 13.8 Å². The number of aromatic nitrogens is 2. The van der Waals surface area contributed by atoms with Gasteiger partial charge in [-0.1, -0.05) is 9.37 Å². The van der Waals surface area contributed by atoms with E-state index < -0.39 is 0 Å². The van der Waals surface area contributed by atoms with Gasteiger partial charge in [0.05, 0.1) is 5.75 Å². The van der Waals surface area contributed by atoms with Crippen LogP contribution in [0.5, 0.6) is 5.75 Å². The van der Waals surface area contributed by atoms with E-state index in [1.807, 2.05) is 27.0 Å². The maximum absolute atomic E-state index is 9.51. The van der Waals surface area contributed by atoms with Gasteiger partial charge in [0, 0.05) is 11.8 Å². The van der Waals surface area contributed by atoms with Crippen molar-refractivity contribution in [2.24, 2.45) is 7.05 Å². The van der Waals surface area contributed by atoms with Crippen molar-refractivity contribution in [3.8, 4) is 5.75 Å². The number of aryl methyl sites for hydroxylation is 3. The maximum Gasteiger partial charge on any atom is 0.244 e. The summed E-state index contributed by atoms with van der Waals surface area (Å²) >= 11 is 1.65. The molecular formula is C12H15N2O2S+. The molecule has 1 N–H and O–H groups in total. The minimum absolute atomic E-state index is 0.305. The van der Waals surface area contributed by atoms with Gasteiger partial charge in [0.15, 0.2) is 5.16 Å². The molecule has 0 aliphatic carbocycles. The van der Waals surface area contributed by atoms with Crippen molar-refractivity contribution in [3.63, 3.8) is 0 Å². The molecule has 1 aromatic heterocycles. The Morgan fingerprint density at radius 2 is 2.12 bits per heavy atom. The Bertz CT molecular complexity index is 498. The fourth-order valence-electron chi connectivity index (χ4n) is 1.61. The first kappa shape index (κ1) is 12.0. The van der Waals surface area contributed by atoms with Crippen LogP contribution in [0.25, 0.3) is 0 Å². The third kappa shape index (κ3) is 2.79. The molecule has 0 radical (unpaired) electrons. The summed E-state index contributed by atoms with van der Waals surface area (Å²) in [6, 6.07) is 5.56. The molecule has 0 saturated carbocycles. The number of rotatable bonds is 3. The van der Waals surface area contributed by atoms with Gasteiger partial charge in [-0.3, -0.25) is 0 Å². The predicted octanol–water partition coefficient (Wildman–Crippen LogP) is 2.11. The van der Waals surface area contributed by atoms with E-state index in [9.17, 15) is 5.11 Å². The molecule has 0 saturated heterocycles. The van der Waals surface area contributed by atoms with Crippen molar-refractivity contribution in [2.45, 2.75) is 24.5 Å². The molecule has 17 heavy (non-hydrogen) atoms. The molecule has 2 rings (SSSR count). The Labute approximate surface area is 104 Å². The lowest BCUT2D eigenvalue weighted by Crippen LogP contribution is -2.29. The predicted molar refractivity (Wildman–Crippen MR) is 64.8 cm³/mol. The van der Waals surface area contributed by atoms with Gasteiger partial charge in [-0.05, 0) is 30.7 Å². The van der Waals surface area contributed by atoms with E-state index in [2.05, 4.69) is 5.16 Å². The minimum atomic E-state index is 0.305. The molecule has 0 spiro atoms. The van der Waals surface area contributed by atoms with Gasteiger partial charge in [-0.15, -0.1) is 11.8 Å². The Balaban J connectivity index is 2.12. The van der Waals surface area contributed by atoms with Crippen molar-refractivity contribution < 1.29 is 14.5 Å². The summed E-state index contributed by atoms with van der Waals surface area (Å²) < 4.78 is 6.70. The van der Waals surface area contributed by atoms with Gasteiger partial charge in [0.2, 0.25) is 11.4 Å². The molecule has 0 atom stereocenters. The van der Waals surface area contributed by atoms with Gasteiger partial charge in [-0.2, -0.15) is 0 Å². The van der Waals surface area contributed by atoms with E-state index in [0.29, 0.717) is 5.75 Å². The molecule has 5 heteroatoms. The Morgan fingerprint density at radius 1 is 1.35 bits per heavy atom. The normalized spacial score (nSPS) is 10.8. The van der Waals surface area contributed by atoms with Crippen molar-refractivity contribution in [2.75, 3.05) is 0 Å². The average Bonchev–Trinajstić information content (AvgIpc) is 2.55. The van der Waals surface area contributed by atoms with E-state index >= 15 is 0 Å². The van der Waals surface area contributed by atoms with Gasteiger partial charge in [0.1, 0.15) is 12.8 Å². The van der Waals surface area contributed by atoms with Gasteiger partial charge < -0.3 is 5.11 Å². The van der Waals surface area contributed by atoms with Crippen LogP contribution < -0.4 is 4.74 Å². The largest absolute Gasteiger partial charge is 0.508 e. The van der Waals surface area contributed by atoms with E-state index in [1.165, 1.54) is 0 Å². The van der Waals surface area contributed by atoms with Crippen LogP contribution in [-0.4, -0.2) is 10.3 Å². The molecule has 90 valence electrons. The first-order valence-corrected chi connectivity index (χ1v) is 6.30. The Kier molecular flexibility index (Phi) is 3.38. The highest BCUT2D eigenvalue weighted by Crippen LogP contribution is 2.26. The quantitative estimate of drug-likeness (QED) is 0.670. The standard InChI is InChI=1S/C12H14N2O2S/c1-8-4-10(15)6-11(5-8)17-7-12-9(2)13-16-14(12)3/h4-6H,7H2,1-3H3/p+1. The van der Waals surface area contributed by atoms with Gasteiger partial charge >= 0.3 is 0 Å². The van der Waals surface area contributed by atoms with Crippen molar-refractivity contribution >= 4 is 11.8 Å². The van der Waals surface area contributed by atoms with Crippen LogP contribution in [0.15, 0.2) is 27.7 Å². The third-order valence-electron chi connectivity index (χ3n) is 2.51. The van der Waals surface area contributed by atoms with Gasteiger partial charge in [0.25, 0.3) is 0 Å². The molecule has 0 amide bonds. The molecule has 4 nitrogen and oxygen atoms in total. The lowest BCUT2D eigenvalue weighted by Gasteiger charge is -2.02. The molecule has 1 heterocycles. The molecule has 0 fully saturated rings. The van der Waals surface area contributed by atoms with Crippen LogP contribution in [0.2, 0.25) is 0 Å². The van der Waals surface area contributed by atoms with Crippen molar-refractivity contribution in [1.29, 1.82) is 0 Å². The molecular weight excluding hydrogens is 236 g/mol. The van der Waals surface area contributed by atoms with E-state index in [0.717, 1.165) is 27.6 Å². The topological polar surface area (TPSA) is 50.1 Å². The first-order valence-electron chi connectivity index (χ1n) is 5.31. The number of aromatic hydroxyl groups is 1. The minimum Gasteiger partial charge on any atom is -0.508 e. The van der Waals surface area contributed by atoms with E-state index in [-0.39, 0.29) is 0 Å². The summed E-state index contributed by atoms with van der Waals surface area (Å²) in [6.45, 7) is 3.89. The highest BCUT2D eigenvalue weighted by atomic mass is 32.2. The summed E-state index contributed by atoms with van der Waals surface area (Å²) in [5.41, 5.74) is 3.01. The lowest BCUT2D eigenvalue weighted by atomic mass is 10.2. The molecule has 0 aliphatic rings. The summed E-state index contributed by atoms with van der Waals surface area (Å²) in [6.07, 6.45) is 0. The second kappa shape index (κ2) is 4.79. The smallest absolute Gasteiger partial charge is 0.244 e. The van der Waals surface area contributed by atoms with Crippen LogP contribution in [-0.2, 0) is 12.8 Å². The van der Waals surface area contributed by atoms with E-state index in [1.54, 1.807) is 28.6 Å². The molecule has 0 aliphatic heterocycles. The fraction of sp³-hybridized carbons (Fsp3) is 0.333. The number of benzene rings is 1. The van der Waals surface area contributed by atoms with Crippen LogP contribution in [0.4, 0.5) is 0 Å². The maximum atomic E-state index is 9.51. The third-order valence-corrected chi connectivity index (χ3v) is 3.50. The Morgan fingerprint density at radius 3 is 2.71 bits per heavy atom. The monoisotopic (exact) mass is 251 g/mol. The Hall–Kier alpha value is -1.49. The van der Waals surface area contributed by atoms with E-state index in [4.69, 9.17) is 4.63 Å². The summed E-state index contributed by atoms with van der Waals surface area (Å²) in [5, 5.41) is 13.4. The second-order valence-corrected chi connectivity index (χ2v) is 5.04. The molecule has 1 aromatic carbocycles. The summed E-state index contributed by atoms with van der Waals surface area (Å²) in [7, 11) is 1.84. The zero-order valence-electron chi connectivity index (χ0n) is 10.1. The second-order valence-electron chi connectivity index (χ2n) is 4.00. The van der Waals surface area contributed by atoms with Crippen LogP contribution in [0.3, 0.4) is 0 Å². The molecule has 0 bridgehead atoms. The highest BCUT2D eigenvalue weighted by Gasteiger charge is 2.17. The number of phenols is 1. The zero-order valence-corrected chi connectivity index (χ0v) is 10.9. The van der Waals surface area contributed by atoms with Crippen LogP contribution >= 0.6 is 11.8 Å². The zero-order chi connectivity index (χ0) is 12.4. The first-order chi connectivity index (χ1) is 8.06. The molecule has 2 aromatic rings. The highest BCUT2D eigenvalue weighted by molar-refractivity contribution is 7.98. The summed E-state index contributed by atoms with van der Waals surface area (Å²) in [5.74, 6) is 1.08. The number of hydrogen-bond donors (Lipinski definition) is 1. The number of phenolic OH excluding ortho intramolecular Hbond substituents is 1. The van der Waals surface area contributed by atoms with Crippen molar-refractivity contribution in [1.82, 2.24) is 5.16 Å². The van der Waals surface area contributed by atoms with Gasteiger partial charge in [-0.25, -0.2) is 0 Å². The number of hydrogen-bond acceptors (Lipinski definition) is 4.